The second kappa shape index (κ2) is 5.82. The molecule has 0 aliphatic rings. The highest BCUT2D eigenvalue weighted by Crippen LogP contribution is 2.14. The minimum Gasteiger partial charge on any atom is -0.394 e. The first-order chi connectivity index (χ1) is 7.99. The number of aromatic nitrogens is 2. The summed E-state index contributed by atoms with van der Waals surface area (Å²) in [6.07, 6.45) is 0. The maximum Gasteiger partial charge on any atom is 0.269 e. The molecule has 5 heteroatoms. The molecule has 0 aromatic carbocycles. The maximum absolute atomic E-state index is 11.9. The van der Waals surface area contributed by atoms with Gasteiger partial charge in [-0.05, 0) is 25.8 Å². The minimum absolute atomic E-state index is 0.0664. The molecular weight excluding hydrogens is 218 g/mol. The number of hydrogen-bond donors (Lipinski definition) is 2. The Morgan fingerprint density at radius 3 is 2.65 bits per heavy atom. The van der Waals surface area contributed by atoms with E-state index in [1.807, 2.05) is 26.8 Å². The highest BCUT2D eigenvalue weighted by atomic mass is 16.3. The second-order valence-corrected chi connectivity index (χ2v) is 4.48. The number of amides is 1. The van der Waals surface area contributed by atoms with Crippen LogP contribution in [0.3, 0.4) is 0 Å². The van der Waals surface area contributed by atoms with Crippen LogP contribution in [0.4, 0.5) is 0 Å². The lowest BCUT2D eigenvalue weighted by Crippen LogP contribution is -2.36. The summed E-state index contributed by atoms with van der Waals surface area (Å²) in [5, 5.41) is 16.0. The molecule has 2 N–H and O–H groups in total. The second-order valence-electron chi connectivity index (χ2n) is 4.48. The number of nitrogens with zero attached hydrogens (tertiary/aromatic N) is 2. The van der Waals surface area contributed by atoms with Gasteiger partial charge in [0.25, 0.3) is 5.91 Å². The van der Waals surface area contributed by atoms with Gasteiger partial charge in [-0.3, -0.25) is 9.48 Å². The van der Waals surface area contributed by atoms with Crippen LogP contribution in [0, 0.1) is 0 Å². The summed E-state index contributed by atoms with van der Waals surface area (Å²) in [7, 11) is 0. The van der Waals surface area contributed by atoms with Gasteiger partial charge >= 0.3 is 0 Å². The van der Waals surface area contributed by atoms with Gasteiger partial charge in [-0.15, -0.1) is 0 Å². The average Bonchev–Trinajstić information content (AvgIpc) is 2.72. The van der Waals surface area contributed by atoms with E-state index >= 15 is 0 Å². The van der Waals surface area contributed by atoms with E-state index in [4.69, 9.17) is 5.11 Å². The van der Waals surface area contributed by atoms with Crippen LogP contribution in [0.2, 0.25) is 0 Å². The molecule has 0 spiro atoms. The van der Waals surface area contributed by atoms with E-state index < -0.39 is 0 Å². The molecule has 0 bridgehead atoms. The van der Waals surface area contributed by atoms with Gasteiger partial charge in [0.05, 0.1) is 12.3 Å². The fourth-order valence-corrected chi connectivity index (χ4v) is 1.49. The smallest absolute Gasteiger partial charge is 0.269 e. The molecule has 1 atom stereocenters. The van der Waals surface area contributed by atoms with Gasteiger partial charge < -0.3 is 10.4 Å². The van der Waals surface area contributed by atoms with Gasteiger partial charge in [-0.25, -0.2) is 0 Å². The van der Waals surface area contributed by atoms with E-state index in [0.29, 0.717) is 18.2 Å². The fraction of sp³-hybridized carbons (Fsp3) is 0.667. The predicted molar refractivity (Wildman–Crippen MR) is 66.0 cm³/mol. The Morgan fingerprint density at radius 1 is 1.53 bits per heavy atom. The Morgan fingerprint density at radius 2 is 2.18 bits per heavy atom. The van der Waals surface area contributed by atoms with Gasteiger partial charge in [-0.1, -0.05) is 13.8 Å². The first-order valence-corrected chi connectivity index (χ1v) is 5.99. The van der Waals surface area contributed by atoms with Crippen molar-refractivity contribution >= 4 is 5.91 Å². The standard InChI is InChI=1S/C12H21N3O2/c1-5-15-11(6-10(14-15)8(2)3)12(17)13-9(4)7-16/h6,8-9,16H,5,7H2,1-4H3,(H,13,17)/t9-/m0/s1. The van der Waals surface area contributed by atoms with Crippen LogP contribution in [-0.2, 0) is 6.54 Å². The van der Waals surface area contributed by atoms with Crippen LogP contribution >= 0.6 is 0 Å². The van der Waals surface area contributed by atoms with Crippen molar-refractivity contribution in [3.8, 4) is 0 Å². The number of carbonyl (C=O) groups excluding carboxylic acids is 1. The van der Waals surface area contributed by atoms with Crippen LogP contribution in [-0.4, -0.2) is 33.4 Å². The van der Waals surface area contributed by atoms with E-state index in [9.17, 15) is 4.79 Å². The monoisotopic (exact) mass is 239 g/mol. The van der Waals surface area contributed by atoms with Gasteiger partial charge in [0.1, 0.15) is 5.69 Å². The molecule has 0 fully saturated rings. The van der Waals surface area contributed by atoms with Crippen LogP contribution in [0.15, 0.2) is 6.07 Å². The minimum atomic E-state index is -0.245. The van der Waals surface area contributed by atoms with Crippen molar-refractivity contribution < 1.29 is 9.90 Å². The van der Waals surface area contributed by atoms with E-state index in [-0.39, 0.29) is 18.6 Å². The first kappa shape index (κ1) is 13.7. The van der Waals surface area contributed by atoms with Crippen LogP contribution in [0.25, 0.3) is 0 Å². The Bertz CT molecular complexity index is 385. The van der Waals surface area contributed by atoms with E-state index in [2.05, 4.69) is 10.4 Å². The molecule has 5 nitrogen and oxygen atoms in total. The molecule has 1 aromatic heterocycles. The maximum atomic E-state index is 11.9. The highest BCUT2D eigenvalue weighted by Gasteiger charge is 2.17. The zero-order chi connectivity index (χ0) is 13.0. The lowest BCUT2D eigenvalue weighted by Gasteiger charge is -2.11. The molecule has 0 saturated heterocycles. The number of rotatable bonds is 5. The van der Waals surface area contributed by atoms with Crippen molar-refractivity contribution in [1.29, 1.82) is 0 Å². The first-order valence-electron chi connectivity index (χ1n) is 5.99. The normalized spacial score (nSPS) is 12.8. The molecule has 17 heavy (non-hydrogen) atoms. The quantitative estimate of drug-likeness (QED) is 0.809. The molecule has 1 heterocycles. The number of hydrogen-bond acceptors (Lipinski definition) is 3. The molecule has 1 amide bonds. The number of aryl methyl sites for hydroxylation is 1. The van der Waals surface area contributed by atoms with Crippen molar-refractivity contribution in [1.82, 2.24) is 15.1 Å². The molecule has 0 aliphatic carbocycles. The number of aliphatic hydroxyl groups excluding tert-OH is 1. The molecule has 0 radical (unpaired) electrons. The van der Waals surface area contributed by atoms with Crippen LogP contribution in [0.5, 0.6) is 0 Å². The summed E-state index contributed by atoms with van der Waals surface area (Å²) in [5.41, 5.74) is 1.46. The summed E-state index contributed by atoms with van der Waals surface area (Å²) in [6, 6.07) is 1.57. The van der Waals surface area contributed by atoms with Crippen molar-refractivity contribution in [2.75, 3.05) is 6.61 Å². The lowest BCUT2D eigenvalue weighted by molar-refractivity contribution is 0.0911. The summed E-state index contributed by atoms with van der Waals surface area (Å²) in [6.45, 7) is 8.38. The summed E-state index contributed by atoms with van der Waals surface area (Å²) in [4.78, 5) is 11.9. The molecule has 0 aliphatic heterocycles. The van der Waals surface area contributed by atoms with Gasteiger partial charge in [-0.2, -0.15) is 5.10 Å². The van der Waals surface area contributed by atoms with Crippen molar-refractivity contribution in [3.05, 3.63) is 17.5 Å². The Kier molecular flexibility index (Phi) is 4.69. The van der Waals surface area contributed by atoms with E-state index in [1.54, 1.807) is 11.6 Å². The van der Waals surface area contributed by atoms with Crippen LogP contribution < -0.4 is 5.32 Å². The summed E-state index contributed by atoms with van der Waals surface area (Å²) < 4.78 is 1.69. The van der Waals surface area contributed by atoms with Gasteiger partial charge in [0, 0.05) is 12.6 Å². The number of nitrogens with one attached hydrogen (secondary N) is 1. The Balaban J connectivity index is 2.92. The largest absolute Gasteiger partial charge is 0.394 e. The SMILES string of the molecule is CCn1nc(C(C)C)cc1C(=O)N[C@@H](C)CO. The molecule has 1 rings (SSSR count). The summed E-state index contributed by atoms with van der Waals surface area (Å²) >= 11 is 0. The number of aliphatic hydroxyl groups is 1. The van der Waals surface area contributed by atoms with Crippen molar-refractivity contribution in [2.24, 2.45) is 0 Å². The van der Waals surface area contributed by atoms with Crippen LogP contribution in [0.1, 0.15) is 49.8 Å². The van der Waals surface area contributed by atoms with E-state index in [0.717, 1.165) is 5.69 Å². The lowest BCUT2D eigenvalue weighted by atomic mass is 10.1. The topological polar surface area (TPSA) is 67.2 Å². The predicted octanol–water partition coefficient (Wildman–Crippen LogP) is 1.14. The molecule has 0 unspecified atom stereocenters. The molecule has 96 valence electrons. The van der Waals surface area contributed by atoms with Crippen molar-refractivity contribution in [3.63, 3.8) is 0 Å². The molecular formula is C12H21N3O2. The van der Waals surface area contributed by atoms with E-state index in [1.165, 1.54) is 0 Å². The third kappa shape index (κ3) is 3.30. The summed E-state index contributed by atoms with van der Waals surface area (Å²) in [5.74, 6) is 0.109. The average molecular weight is 239 g/mol. The molecule has 1 aromatic rings. The third-order valence-electron chi connectivity index (χ3n) is 2.57. The number of carbonyl (C=O) groups is 1. The van der Waals surface area contributed by atoms with Gasteiger partial charge in [0.2, 0.25) is 0 Å². The van der Waals surface area contributed by atoms with Crippen molar-refractivity contribution in [2.45, 2.75) is 46.2 Å². The zero-order valence-corrected chi connectivity index (χ0v) is 10.9. The Hall–Kier alpha value is -1.36. The molecule has 0 saturated carbocycles. The fourth-order valence-electron chi connectivity index (χ4n) is 1.49. The Labute approximate surface area is 102 Å². The zero-order valence-electron chi connectivity index (χ0n) is 10.9. The van der Waals surface area contributed by atoms with Gasteiger partial charge in [0.15, 0.2) is 0 Å². The highest BCUT2D eigenvalue weighted by molar-refractivity contribution is 5.92. The third-order valence-corrected chi connectivity index (χ3v) is 2.57.